The van der Waals surface area contributed by atoms with Crippen LogP contribution in [0.15, 0.2) is 30.3 Å². The zero-order valence-electron chi connectivity index (χ0n) is 15.0. The van der Waals surface area contributed by atoms with E-state index in [0.29, 0.717) is 5.56 Å². The van der Waals surface area contributed by atoms with Gasteiger partial charge in [-0.25, -0.2) is 0 Å². The molecule has 2 N–H and O–H groups in total. The molecule has 1 aromatic carbocycles. The molecule has 2 heterocycles. The fourth-order valence-electron chi connectivity index (χ4n) is 3.41. The van der Waals surface area contributed by atoms with Gasteiger partial charge in [-0.15, -0.1) is 11.8 Å². The summed E-state index contributed by atoms with van der Waals surface area (Å²) in [4.78, 5) is 49.0. The number of aliphatic carboxylic acids is 2. The number of benzene rings is 1. The number of thioether (sulfide) groups is 1. The van der Waals surface area contributed by atoms with Gasteiger partial charge in [0.15, 0.2) is 5.92 Å². The van der Waals surface area contributed by atoms with E-state index in [4.69, 9.17) is 0 Å². The molecule has 3 unspecified atom stereocenters. The predicted molar refractivity (Wildman–Crippen MR) is 89.8 cm³/mol. The van der Waals surface area contributed by atoms with E-state index >= 15 is 0 Å². The number of rotatable bonds is 5. The Hall–Kier alpha value is -1.55. The summed E-state index contributed by atoms with van der Waals surface area (Å²) < 4.78 is -0.774. The summed E-state index contributed by atoms with van der Waals surface area (Å²) in [7, 11) is 0. The summed E-state index contributed by atoms with van der Waals surface area (Å²) in [6, 6.07) is 5.93. The van der Waals surface area contributed by atoms with Crippen LogP contribution in [-0.4, -0.2) is 56.0 Å². The second kappa shape index (κ2) is 7.83. The number of carbonyl (C=O) groups excluding carboxylic acids is 3. The number of nitrogens with zero attached hydrogens (tertiary/aromatic N) is 1. The van der Waals surface area contributed by atoms with Crippen molar-refractivity contribution < 1.29 is 58.9 Å². The number of β-lactam (4-membered cyclic amide) rings is 1. The minimum absolute atomic E-state index is 0. The van der Waals surface area contributed by atoms with Crippen LogP contribution in [0, 0.1) is 0 Å². The molecule has 2 fully saturated rings. The van der Waals surface area contributed by atoms with Crippen molar-refractivity contribution in [1.29, 1.82) is 0 Å². The quantitative estimate of drug-likeness (QED) is 0.294. The van der Waals surface area contributed by atoms with Crippen molar-refractivity contribution in [3.8, 4) is 0 Å². The molecule has 4 atom stereocenters. The van der Waals surface area contributed by atoms with Crippen LogP contribution in [-0.2, 0) is 19.2 Å². The van der Waals surface area contributed by atoms with Crippen LogP contribution in [0.4, 0.5) is 0 Å². The number of hydrogen-bond donors (Lipinski definition) is 2. The summed E-state index contributed by atoms with van der Waals surface area (Å²) >= 11 is 1.25. The van der Waals surface area contributed by atoms with Crippen LogP contribution in [0.2, 0.25) is 0 Å². The second-order valence-electron chi connectivity index (χ2n) is 6.75. The monoisotopic (exact) mass is 400 g/mol. The van der Waals surface area contributed by atoms with Crippen molar-refractivity contribution in [2.45, 2.75) is 42.0 Å². The van der Waals surface area contributed by atoms with Gasteiger partial charge in [0.05, 0.1) is 12.0 Å². The maximum atomic E-state index is 12.5. The third kappa shape index (κ3) is 3.73. The Balaban J connectivity index is 0.00000261. The fraction of sp³-hybridized carbons (Fsp3) is 0.412. The Bertz CT molecular complexity index is 787. The molecule has 2 saturated heterocycles. The van der Waals surface area contributed by atoms with E-state index in [0.717, 1.165) is 0 Å². The normalized spacial score (nSPS) is 26.2. The maximum absolute atomic E-state index is 12.5. The fourth-order valence-corrected chi connectivity index (χ4v) is 5.04. The number of carboxylic acid groups (broad SMARTS) is 2. The summed E-state index contributed by atoms with van der Waals surface area (Å²) in [5, 5.41) is 22.7. The molecular weight excluding hydrogens is 383 g/mol. The van der Waals surface area contributed by atoms with Crippen molar-refractivity contribution in [3.63, 3.8) is 0 Å². The van der Waals surface area contributed by atoms with Crippen molar-refractivity contribution in [3.05, 3.63) is 35.9 Å². The zero-order chi connectivity index (χ0) is 19.2. The Morgan fingerprint density at radius 3 is 2.37 bits per heavy atom. The number of carbonyl (C=O) groups is 4. The van der Waals surface area contributed by atoms with Gasteiger partial charge in [0, 0.05) is 4.75 Å². The van der Waals surface area contributed by atoms with Crippen molar-refractivity contribution in [2.75, 3.05) is 0 Å². The summed E-state index contributed by atoms with van der Waals surface area (Å²) in [5.74, 6) is -5.49. The van der Waals surface area contributed by atoms with Gasteiger partial charge in [0.1, 0.15) is 11.4 Å². The van der Waals surface area contributed by atoms with Gasteiger partial charge in [0.2, 0.25) is 11.8 Å². The van der Waals surface area contributed by atoms with E-state index in [-0.39, 0.29) is 29.6 Å². The Labute approximate surface area is 182 Å². The average Bonchev–Trinajstić information content (AvgIpc) is 2.82. The molecule has 10 heteroatoms. The minimum Gasteiger partial charge on any atom is -0.548 e. The van der Waals surface area contributed by atoms with Crippen LogP contribution in [0.3, 0.4) is 0 Å². The van der Waals surface area contributed by atoms with E-state index in [9.17, 15) is 29.4 Å². The van der Waals surface area contributed by atoms with Crippen LogP contribution < -0.4 is 40.0 Å². The first kappa shape index (κ1) is 21.7. The first-order valence-electron chi connectivity index (χ1n) is 7.94. The SMILES string of the molecule is CC1(C)S[C@H]2C(NC(=O)C(C(=O)O)c3ccccc3)C(=O)N2C1C(=O)[O-].[Na+]. The molecule has 0 bridgehead atoms. The largest absolute Gasteiger partial charge is 1.00 e. The van der Waals surface area contributed by atoms with E-state index in [1.807, 2.05) is 0 Å². The topological polar surface area (TPSA) is 127 Å². The Kier molecular flexibility index (Phi) is 6.30. The third-order valence-corrected chi connectivity index (χ3v) is 6.18. The van der Waals surface area contributed by atoms with E-state index in [1.54, 1.807) is 32.0 Å². The zero-order valence-corrected chi connectivity index (χ0v) is 17.9. The molecule has 2 amide bonds. The molecule has 2 aliphatic rings. The standard InChI is InChI=1S/C17H18N2O6S.Na/c1-17(2)11(16(24)25)19-13(21)10(14(19)26-17)18-12(20)9(15(22)23)8-6-4-3-5-7-8;/h3-7,9-11,14H,1-2H3,(H,18,20)(H,22,23)(H,24,25);/q;+1/p-1/t9?,10?,11?,14-;/m0./s1. The molecule has 0 aromatic heterocycles. The second-order valence-corrected chi connectivity index (χ2v) is 8.52. The third-order valence-electron chi connectivity index (χ3n) is 4.60. The van der Waals surface area contributed by atoms with Gasteiger partial charge in [-0.05, 0) is 19.4 Å². The molecule has 8 nitrogen and oxygen atoms in total. The van der Waals surface area contributed by atoms with E-state index in [2.05, 4.69) is 5.32 Å². The van der Waals surface area contributed by atoms with Gasteiger partial charge >= 0.3 is 35.5 Å². The van der Waals surface area contributed by atoms with Gasteiger partial charge < -0.3 is 25.2 Å². The van der Waals surface area contributed by atoms with Gasteiger partial charge in [0.25, 0.3) is 0 Å². The van der Waals surface area contributed by atoms with E-state index < -0.39 is 51.9 Å². The van der Waals surface area contributed by atoms with Crippen LogP contribution in [0.1, 0.15) is 25.3 Å². The summed E-state index contributed by atoms with van der Waals surface area (Å²) in [5.41, 5.74) is 0.299. The van der Waals surface area contributed by atoms with Crippen LogP contribution in [0.5, 0.6) is 0 Å². The smallest absolute Gasteiger partial charge is 0.548 e. The van der Waals surface area contributed by atoms with Crippen molar-refractivity contribution in [2.24, 2.45) is 0 Å². The average molecular weight is 400 g/mol. The molecule has 1 aromatic rings. The van der Waals surface area contributed by atoms with Crippen molar-refractivity contribution in [1.82, 2.24) is 10.2 Å². The molecule has 3 rings (SSSR count). The summed E-state index contributed by atoms with van der Waals surface area (Å²) in [6.45, 7) is 3.37. The Morgan fingerprint density at radius 1 is 1.26 bits per heavy atom. The Morgan fingerprint density at radius 2 is 1.85 bits per heavy atom. The van der Waals surface area contributed by atoms with Gasteiger partial charge in [-0.3, -0.25) is 14.4 Å². The predicted octanol–water partition coefficient (Wildman–Crippen LogP) is -3.84. The van der Waals surface area contributed by atoms with Gasteiger partial charge in [-0.2, -0.15) is 0 Å². The maximum Gasteiger partial charge on any atom is 1.00 e. The van der Waals surface area contributed by atoms with Crippen molar-refractivity contribution >= 4 is 35.5 Å². The number of hydrogen-bond acceptors (Lipinski definition) is 6. The van der Waals surface area contributed by atoms with Gasteiger partial charge in [-0.1, -0.05) is 30.3 Å². The number of nitrogens with one attached hydrogen (secondary N) is 1. The van der Waals surface area contributed by atoms with E-state index in [1.165, 1.54) is 28.8 Å². The molecular formula is C17H17N2NaO6S. The molecule has 0 spiro atoms. The number of amides is 2. The molecule has 2 aliphatic heterocycles. The first-order chi connectivity index (χ1) is 12.1. The molecule has 0 saturated carbocycles. The number of carboxylic acids is 2. The molecule has 138 valence electrons. The molecule has 27 heavy (non-hydrogen) atoms. The van der Waals surface area contributed by atoms with Crippen LogP contribution >= 0.6 is 11.8 Å². The van der Waals surface area contributed by atoms with Crippen LogP contribution in [0.25, 0.3) is 0 Å². The minimum atomic E-state index is -1.45. The summed E-state index contributed by atoms with van der Waals surface area (Å²) in [6.07, 6.45) is 0. The number of fused-ring (bicyclic) bond motifs is 1. The molecule has 0 aliphatic carbocycles. The molecule has 0 radical (unpaired) electrons. The first-order valence-corrected chi connectivity index (χ1v) is 8.82.